The highest BCUT2D eigenvalue weighted by Gasteiger charge is 2.22. The molecule has 74 valence electrons. The summed E-state index contributed by atoms with van der Waals surface area (Å²) in [4.78, 5) is 23.2. The smallest absolute Gasteiger partial charge is 0.325 e. The van der Waals surface area contributed by atoms with Gasteiger partial charge in [-0.05, 0) is 0 Å². The third-order valence-electron chi connectivity index (χ3n) is 1.65. The lowest BCUT2D eigenvalue weighted by atomic mass is 10.3. The van der Waals surface area contributed by atoms with Crippen molar-refractivity contribution in [2.75, 3.05) is 26.4 Å². The average Bonchev–Trinajstić information content (AvgIpc) is 2.09. The second-order valence-electron chi connectivity index (χ2n) is 2.69. The zero-order valence-corrected chi connectivity index (χ0v) is 7.28. The molecule has 0 unspecified atom stereocenters. The molecule has 0 saturated carbocycles. The Kier molecular flexibility index (Phi) is 3.66. The Morgan fingerprint density at radius 2 is 2.31 bits per heavy atom. The summed E-state index contributed by atoms with van der Waals surface area (Å²) in [7, 11) is 0. The molecule has 0 aromatic heterocycles. The Hall–Kier alpha value is -1.14. The Bertz CT molecular complexity index is 207. The van der Waals surface area contributed by atoms with Crippen molar-refractivity contribution < 1.29 is 14.3 Å². The van der Waals surface area contributed by atoms with E-state index in [1.807, 2.05) is 0 Å². The van der Waals surface area contributed by atoms with Crippen LogP contribution in [0.15, 0.2) is 0 Å². The van der Waals surface area contributed by atoms with E-state index < -0.39 is 6.03 Å². The lowest BCUT2D eigenvalue weighted by Gasteiger charge is -2.25. The van der Waals surface area contributed by atoms with Gasteiger partial charge in [0.2, 0.25) is 5.91 Å². The van der Waals surface area contributed by atoms with Crippen molar-refractivity contribution in [2.24, 2.45) is 5.73 Å². The molecule has 13 heavy (non-hydrogen) atoms. The molecule has 6 nitrogen and oxygen atoms in total. The molecular weight excluding hydrogens is 174 g/mol. The first kappa shape index (κ1) is 9.94. The number of hydrogen-bond donors (Lipinski definition) is 2. The van der Waals surface area contributed by atoms with Crippen LogP contribution in [-0.2, 0) is 9.53 Å². The first-order valence-electron chi connectivity index (χ1n) is 4.10. The predicted molar refractivity (Wildman–Crippen MR) is 44.7 cm³/mol. The van der Waals surface area contributed by atoms with Gasteiger partial charge in [-0.15, -0.1) is 0 Å². The van der Waals surface area contributed by atoms with E-state index in [0.717, 1.165) is 0 Å². The zero-order chi connectivity index (χ0) is 9.68. The van der Waals surface area contributed by atoms with Crippen LogP contribution >= 0.6 is 0 Å². The summed E-state index contributed by atoms with van der Waals surface area (Å²) in [6.45, 7) is 1.44. The second-order valence-corrected chi connectivity index (χ2v) is 2.69. The summed E-state index contributed by atoms with van der Waals surface area (Å²) in [6, 6.07) is -0.395. The molecule has 0 spiro atoms. The number of urea groups is 1. The lowest BCUT2D eigenvalue weighted by molar-refractivity contribution is -0.122. The van der Waals surface area contributed by atoms with Crippen molar-refractivity contribution in [1.29, 1.82) is 0 Å². The van der Waals surface area contributed by atoms with Crippen LogP contribution in [-0.4, -0.2) is 43.3 Å². The molecule has 0 aromatic carbocycles. The van der Waals surface area contributed by atoms with Crippen LogP contribution in [0.5, 0.6) is 0 Å². The summed E-state index contributed by atoms with van der Waals surface area (Å²) >= 11 is 0. The van der Waals surface area contributed by atoms with Crippen molar-refractivity contribution in [3.8, 4) is 0 Å². The quantitative estimate of drug-likeness (QED) is 0.545. The van der Waals surface area contributed by atoms with Gasteiger partial charge in [0.25, 0.3) is 0 Å². The Morgan fingerprint density at radius 1 is 1.54 bits per heavy atom. The number of nitrogens with zero attached hydrogens (tertiary/aromatic N) is 1. The van der Waals surface area contributed by atoms with E-state index in [-0.39, 0.29) is 12.6 Å². The fourth-order valence-corrected chi connectivity index (χ4v) is 0.980. The average molecular weight is 187 g/mol. The Labute approximate surface area is 76.0 Å². The molecule has 0 radical (unpaired) electrons. The molecule has 0 aromatic rings. The normalized spacial score (nSPS) is 17.5. The molecule has 1 aliphatic heterocycles. The lowest BCUT2D eigenvalue weighted by Crippen LogP contribution is -2.50. The summed E-state index contributed by atoms with van der Waals surface area (Å²) in [6.07, 6.45) is 0.331. The molecule has 3 amide bonds. The molecular formula is C7H13N3O3. The first-order chi connectivity index (χ1) is 6.24. The van der Waals surface area contributed by atoms with Crippen LogP contribution in [0.3, 0.4) is 0 Å². The number of nitrogens with one attached hydrogen (secondary N) is 1. The number of hydrogen-bond acceptors (Lipinski definition) is 4. The minimum atomic E-state index is -0.395. The molecule has 1 fully saturated rings. The largest absolute Gasteiger partial charge is 0.360 e. The fraction of sp³-hybridized carbons (Fsp3) is 0.714. The number of carbonyl (C=O) groups excluding carboxylic acids is 2. The third kappa shape index (κ3) is 3.00. The molecule has 0 atom stereocenters. The maximum Gasteiger partial charge on any atom is 0.325 e. The van der Waals surface area contributed by atoms with E-state index in [0.29, 0.717) is 26.1 Å². The van der Waals surface area contributed by atoms with Crippen LogP contribution in [0.25, 0.3) is 0 Å². The van der Waals surface area contributed by atoms with Crippen molar-refractivity contribution in [2.45, 2.75) is 6.42 Å². The molecule has 1 heterocycles. The molecule has 6 heteroatoms. The molecule has 3 N–H and O–H groups in total. The number of rotatable bonds is 4. The standard InChI is InChI=1S/C7H13N3O3/c8-2-4-13-5-10-3-1-6(11)9-7(10)12/h1-5,8H2,(H,9,11,12). The van der Waals surface area contributed by atoms with E-state index in [4.69, 9.17) is 10.5 Å². The zero-order valence-electron chi connectivity index (χ0n) is 7.28. The number of nitrogens with two attached hydrogens (primary N) is 1. The van der Waals surface area contributed by atoms with Crippen molar-refractivity contribution in [1.82, 2.24) is 10.2 Å². The second kappa shape index (κ2) is 4.78. The van der Waals surface area contributed by atoms with Gasteiger partial charge in [0.05, 0.1) is 6.61 Å². The molecule has 1 saturated heterocycles. The minimum absolute atomic E-state index is 0.191. The highest BCUT2D eigenvalue weighted by molar-refractivity contribution is 5.96. The maximum atomic E-state index is 11.1. The summed E-state index contributed by atoms with van der Waals surface area (Å²) < 4.78 is 5.06. The number of ether oxygens (including phenoxy) is 1. The number of amides is 3. The van der Waals surface area contributed by atoms with Crippen molar-refractivity contribution in [3.05, 3.63) is 0 Å². The van der Waals surface area contributed by atoms with E-state index >= 15 is 0 Å². The first-order valence-corrected chi connectivity index (χ1v) is 4.10. The van der Waals surface area contributed by atoms with Crippen LogP contribution < -0.4 is 11.1 Å². The SMILES string of the molecule is NCCOCN1CCC(=O)NC1=O. The number of carbonyl (C=O) groups is 2. The summed E-state index contributed by atoms with van der Waals surface area (Å²) in [5.41, 5.74) is 5.20. The van der Waals surface area contributed by atoms with Crippen molar-refractivity contribution in [3.63, 3.8) is 0 Å². The van der Waals surface area contributed by atoms with E-state index in [2.05, 4.69) is 5.32 Å². The summed E-state index contributed by atoms with van der Waals surface area (Å²) in [5, 5.41) is 2.19. The fourth-order valence-electron chi connectivity index (χ4n) is 0.980. The van der Waals surface area contributed by atoms with Gasteiger partial charge in [-0.25, -0.2) is 4.79 Å². The van der Waals surface area contributed by atoms with E-state index in [9.17, 15) is 9.59 Å². The highest BCUT2D eigenvalue weighted by Crippen LogP contribution is 1.99. The van der Waals surface area contributed by atoms with Gasteiger partial charge in [0, 0.05) is 19.5 Å². The van der Waals surface area contributed by atoms with Gasteiger partial charge in [-0.1, -0.05) is 0 Å². The third-order valence-corrected chi connectivity index (χ3v) is 1.65. The molecule has 0 aliphatic carbocycles. The number of imide groups is 1. The molecule has 1 rings (SSSR count). The van der Waals surface area contributed by atoms with Gasteiger partial charge in [-0.3, -0.25) is 10.1 Å². The van der Waals surface area contributed by atoms with E-state index in [1.165, 1.54) is 4.90 Å². The molecule has 1 aliphatic rings. The van der Waals surface area contributed by atoms with Crippen LogP contribution in [0.4, 0.5) is 4.79 Å². The van der Waals surface area contributed by atoms with Crippen LogP contribution in [0.1, 0.15) is 6.42 Å². The Morgan fingerprint density at radius 3 is 2.92 bits per heavy atom. The van der Waals surface area contributed by atoms with Crippen LogP contribution in [0, 0.1) is 0 Å². The van der Waals surface area contributed by atoms with E-state index in [1.54, 1.807) is 0 Å². The van der Waals surface area contributed by atoms with Gasteiger partial charge in [0.1, 0.15) is 6.73 Å². The Balaban J connectivity index is 2.26. The maximum absolute atomic E-state index is 11.1. The molecule has 0 bridgehead atoms. The monoisotopic (exact) mass is 187 g/mol. The van der Waals surface area contributed by atoms with Gasteiger partial charge >= 0.3 is 6.03 Å². The van der Waals surface area contributed by atoms with Crippen LogP contribution in [0.2, 0.25) is 0 Å². The highest BCUT2D eigenvalue weighted by atomic mass is 16.5. The van der Waals surface area contributed by atoms with Gasteiger partial charge in [-0.2, -0.15) is 0 Å². The van der Waals surface area contributed by atoms with Gasteiger partial charge in [0.15, 0.2) is 0 Å². The predicted octanol–water partition coefficient (Wildman–Crippen LogP) is -1.14. The summed E-state index contributed by atoms with van der Waals surface area (Å²) in [5.74, 6) is -0.236. The van der Waals surface area contributed by atoms with Crippen molar-refractivity contribution >= 4 is 11.9 Å². The minimum Gasteiger partial charge on any atom is -0.360 e. The topological polar surface area (TPSA) is 84.7 Å². The van der Waals surface area contributed by atoms with Gasteiger partial charge < -0.3 is 15.4 Å².